The molecule has 33 heavy (non-hydrogen) atoms. The topological polar surface area (TPSA) is 53.9 Å². The van der Waals surface area contributed by atoms with Gasteiger partial charge in [-0.2, -0.15) is 0 Å². The molecule has 2 aliphatic heterocycles. The van der Waals surface area contributed by atoms with Crippen LogP contribution in [0, 0.1) is 5.82 Å². The van der Waals surface area contributed by atoms with Crippen LogP contribution in [-0.2, 0) is 0 Å². The van der Waals surface area contributed by atoms with Crippen molar-refractivity contribution in [2.24, 2.45) is 0 Å². The Morgan fingerprint density at radius 2 is 1.79 bits per heavy atom. The minimum atomic E-state index is -0.427. The van der Waals surface area contributed by atoms with Gasteiger partial charge in [-0.05, 0) is 24.3 Å². The molecular weight excluding hydrogens is 437 g/mol. The van der Waals surface area contributed by atoms with E-state index >= 15 is 4.39 Å². The summed E-state index contributed by atoms with van der Waals surface area (Å²) >= 11 is 6.52. The highest BCUT2D eigenvalue weighted by molar-refractivity contribution is 6.36. The van der Waals surface area contributed by atoms with Crippen molar-refractivity contribution < 1.29 is 4.39 Å². The van der Waals surface area contributed by atoms with Crippen LogP contribution in [-0.4, -0.2) is 40.1 Å². The molecule has 2 atom stereocenters. The number of benzene rings is 2. The molecule has 0 aliphatic carbocycles. The fraction of sp³-hybridized carbons (Fsp3) is 0.346. The van der Waals surface area contributed by atoms with Gasteiger partial charge in [0.15, 0.2) is 5.82 Å². The maximum atomic E-state index is 16.1. The molecule has 168 valence electrons. The number of pyridine rings is 1. The van der Waals surface area contributed by atoms with Gasteiger partial charge < -0.3 is 10.2 Å². The van der Waals surface area contributed by atoms with Gasteiger partial charge in [-0.25, -0.2) is 14.4 Å². The van der Waals surface area contributed by atoms with Crippen LogP contribution in [0.3, 0.4) is 0 Å². The molecule has 2 bridgehead atoms. The molecule has 2 aromatic heterocycles. The van der Waals surface area contributed by atoms with Gasteiger partial charge in [0, 0.05) is 53.3 Å². The Hall–Kier alpha value is -2.83. The predicted octanol–water partition coefficient (Wildman–Crippen LogP) is 5.70. The van der Waals surface area contributed by atoms with Crippen molar-refractivity contribution in [2.45, 2.75) is 44.7 Å². The average molecular weight is 462 g/mol. The fourth-order valence-electron chi connectivity index (χ4n) is 5.21. The molecule has 0 radical (unpaired) electrons. The van der Waals surface area contributed by atoms with Gasteiger partial charge in [-0.15, -0.1) is 0 Å². The summed E-state index contributed by atoms with van der Waals surface area (Å²) in [5.41, 5.74) is 1.26. The normalized spacial score (nSPS) is 20.3. The Kier molecular flexibility index (Phi) is 4.96. The molecule has 7 heteroatoms. The molecule has 5 nitrogen and oxygen atoms in total. The van der Waals surface area contributed by atoms with Gasteiger partial charge in [-0.1, -0.05) is 55.8 Å². The van der Waals surface area contributed by atoms with E-state index in [4.69, 9.17) is 16.6 Å². The molecule has 2 saturated heterocycles. The van der Waals surface area contributed by atoms with Crippen molar-refractivity contribution in [3.8, 4) is 11.3 Å². The van der Waals surface area contributed by atoms with Gasteiger partial charge in [-0.3, -0.25) is 4.98 Å². The quantitative estimate of drug-likeness (QED) is 0.424. The number of nitrogens with one attached hydrogen (secondary N) is 1. The van der Waals surface area contributed by atoms with Crippen LogP contribution in [0.1, 0.15) is 38.4 Å². The first-order chi connectivity index (χ1) is 16.0. The number of fused-ring (bicyclic) bond motifs is 4. The molecule has 4 aromatic rings. The third-order valence-electron chi connectivity index (χ3n) is 6.82. The van der Waals surface area contributed by atoms with E-state index in [1.165, 1.54) is 12.8 Å². The first-order valence-electron chi connectivity index (χ1n) is 11.5. The standard InChI is InChI=1S/C26H25ClFN5/c1-14(2)25-31-24-19(26(32-25)33-12-16-9-10-17(13-33)30-16)11-29-23(22(24)28)18-7-3-5-15-6-4-8-20(27)21(15)18/h3-8,11,14,16-17,30H,9-10,12-13H2,1-2H3. The second-order valence-electron chi connectivity index (χ2n) is 9.43. The summed E-state index contributed by atoms with van der Waals surface area (Å²) in [5.74, 6) is 1.09. The number of nitrogens with zero attached hydrogens (tertiary/aromatic N) is 4. The van der Waals surface area contributed by atoms with Gasteiger partial charge in [0.1, 0.15) is 22.9 Å². The summed E-state index contributed by atoms with van der Waals surface area (Å²) in [7, 11) is 0. The summed E-state index contributed by atoms with van der Waals surface area (Å²) < 4.78 is 16.1. The minimum absolute atomic E-state index is 0.0794. The van der Waals surface area contributed by atoms with Crippen LogP contribution in [0.25, 0.3) is 32.9 Å². The molecule has 2 unspecified atom stereocenters. The first kappa shape index (κ1) is 20.8. The number of halogens is 2. The van der Waals surface area contributed by atoms with Crippen molar-refractivity contribution in [3.63, 3.8) is 0 Å². The molecule has 0 saturated carbocycles. The van der Waals surface area contributed by atoms with Crippen molar-refractivity contribution in [1.29, 1.82) is 0 Å². The zero-order valence-electron chi connectivity index (χ0n) is 18.6. The molecule has 4 heterocycles. The number of anilines is 1. The van der Waals surface area contributed by atoms with E-state index < -0.39 is 5.82 Å². The number of hydrogen-bond donors (Lipinski definition) is 1. The van der Waals surface area contributed by atoms with Gasteiger partial charge in [0.05, 0.1) is 5.39 Å². The molecule has 2 aliphatic rings. The van der Waals surface area contributed by atoms with Gasteiger partial charge in [0.25, 0.3) is 0 Å². The highest BCUT2D eigenvalue weighted by atomic mass is 35.5. The van der Waals surface area contributed by atoms with Crippen LogP contribution in [0.5, 0.6) is 0 Å². The highest BCUT2D eigenvalue weighted by Gasteiger charge is 2.34. The SMILES string of the molecule is CC(C)c1nc(N2CC3CCC(C2)N3)c2cnc(-c3cccc4cccc(Cl)c34)c(F)c2n1. The Morgan fingerprint density at radius 1 is 1.06 bits per heavy atom. The largest absolute Gasteiger partial charge is 0.353 e. The van der Waals surface area contributed by atoms with E-state index in [0.29, 0.717) is 39.4 Å². The first-order valence-corrected chi connectivity index (χ1v) is 11.9. The predicted molar refractivity (Wildman–Crippen MR) is 131 cm³/mol. The van der Waals surface area contributed by atoms with Crippen LogP contribution in [0.2, 0.25) is 5.02 Å². The van der Waals surface area contributed by atoms with Crippen LogP contribution in [0.4, 0.5) is 10.2 Å². The van der Waals surface area contributed by atoms with E-state index in [0.717, 1.165) is 29.7 Å². The average Bonchev–Trinajstić information content (AvgIpc) is 3.16. The summed E-state index contributed by atoms with van der Waals surface area (Å²) in [4.78, 5) is 16.4. The summed E-state index contributed by atoms with van der Waals surface area (Å²) in [6.07, 6.45) is 4.06. The van der Waals surface area contributed by atoms with Crippen LogP contribution >= 0.6 is 11.6 Å². The highest BCUT2D eigenvalue weighted by Crippen LogP contribution is 2.37. The van der Waals surface area contributed by atoms with Gasteiger partial charge >= 0.3 is 0 Å². The second kappa shape index (κ2) is 7.89. The monoisotopic (exact) mass is 461 g/mol. The maximum absolute atomic E-state index is 16.1. The zero-order chi connectivity index (χ0) is 22.7. The Labute approximate surface area is 197 Å². The lowest BCUT2D eigenvalue weighted by Crippen LogP contribution is -2.51. The third-order valence-corrected chi connectivity index (χ3v) is 7.14. The molecule has 0 amide bonds. The Morgan fingerprint density at radius 3 is 2.52 bits per heavy atom. The third kappa shape index (κ3) is 3.44. The van der Waals surface area contributed by atoms with E-state index in [9.17, 15) is 0 Å². The molecule has 2 aromatic carbocycles. The number of piperazine rings is 1. The van der Waals surface area contributed by atoms with Crippen LogP contribution in [0.15, 0.2) is 42.6 Å². The summed E-state index contributed by atoms with van der Waals surface area (Å²) in [6.45, 7) is 5.80. The van der Waals surface area contributed by atoms with Crippen molar-refractivity contribution >= 4 is 39.1 Å². The van der Waals surface area contributed by atoms with Crippen molar-refractivity contribution in [1.82, 2.24) is 20.3 Å². The lowest BCUT2D eigenvalue weighted by Gasteiger charge is -2.34. The lowest BCUT2D eigenvalue weighted by atomic mass is 10.0. The molecule has 6 rings (SSSR count). The van der Waals surface area contributed by atoms with E-state index in [1.807, 2.05) is 50.2 Å². The zero-order valence-corrected chi connectivity index (χ0v) is 19.4. The maximum Gasteiger partial charge on any atom is 0.175 e. The second-order valence-corrected chi connectivity index (χ2v) is 9.84. The van der Waals surface area contributed by atoms with Crippen molar-refractivity contribution in [3.05, 3.63) is 59.3 Å². The minimum Gasteiger partial charge on any atom is -0.353 e. The number of hydrogen-bond acceptors (Lipinski definition) is 5. The molecular formula is C26H25ClFN5. The Bertz CT molecular complexity index is 1370. The lowest BCUT2D eigenvalue weighted by molar-refractivity contribution is 0.463. The van der Waals surface area contributed by atoms with E-state index in [1.54, 1.807) is 6.20 Å². The number of rotatable bonds is 3. The van der Waals surface area contributed by atoms with Gasteiger partial charge in [0.2, 0.25) is 0 Å². The van der Waals surface area contributed by atoms with E-state index in [-0.39, 0.29) is 11.6 Å². The summed E-state index contributed by atoms with van der Waals surface area (Å²) in [5, 5.41) is 6.63. The Balaban J connectivity index is 1.57. The molecule has 2 fully saturated rings. The molecule has 1 N–H and O–H groups in total. The summed E-state index contributed by atoms with van der Waals surface area (Å²) in [6, 6.07) is 12.3. The van der Waals surface area contributed by atoms with Crippen LogP contribution < -0.4 is 10.2 Å². The van der Waals surface area contributed by atoms with Crippen molar-refractivity contribution in [2.75, 3.05) is 18.0 Å². The van der Waals surface area contributed by atoms with E-state index in [2.05, 4.69) is 20.2 Å². The molecule has 0 spiro atoms. The number of aromatic nitrogens is 3. The smallest absolute Gasteiger partial charge is 0.175 e. The fourth-order valence-corrected chi connectivity index (χ4v) is 5.49.